The Hall–Kier alpha value is -1.51. The number of hydrogen-bond donors (Lipinski definition) is 0. The van der Waals surface area contributed by atoms with Crippen LogP contribution in [0.1, 0.15) is 5.56 Å². The molecule has 0 spiro atoms. The molecule has 2 aromatic rings. The summed E-state index contributed by atoms with van der Waals surface area (Å²) in [5.41, 5.74) is 3.95. The summed E-state index contributed by atoms with van der Waals surface area (Å²) in [6.07, 6.45) is 0. The lowest BCUT2D eigenvalue weighted by Gasteiger charge is -2.29. The van der Waals surface area contributed by atoms with E-state index in [0.717, 1.165) is 22.4 Å². The van der Waals surface area contributed by atoms with Crippen molar-refractivity contribution in [2.24, 2.45) is 0 Å². The molecule has 18 heavy (non-hydrogen) atoms. The van der Waals surface area contributed by atoms with Gasteiger partial charge in [0.25, 0.3) is 0 Å². The molecule has 1 aliphatic heterocycles. The van der Waals surface area contributed by atoms with Crippen LogP contribution >= 0.6 is 23.2 Å². The molecule has 3 rings (SSSR count). The molecule has 0 bridgehead atoms. The zero-order chi connectivity index (χ0) is 12.7. The van der Waals surface area contributed by atoms with Crippen LogP contribution in [0.25, 0.3) is 11.1 Å². The van der Waals surface area contributed by atoms with Crippen LogP contribution in [0, 0.1) is 0 Å². The molecule has 0 saturated carbocycles. The third-order valence-electron chi connectivity index (χ3n) is 3.10. The van der Waals surface area contributed by atoms with Gasteiger partial charge in [0, 0.05) is 10.6 Å². The molecule has 90 valence electrons. The van der Waals surface area contributed by atoms with Crippen LogP contribution in [0.5, 0.6) is 0 Å². The molecule has 0 saturated heterocycles. The van der Waals surface area contributed by atoms with Crippen molar-refractivity contribution in [1.29, 1.82) is 0 Å². The third-order valence-corrected chi connectivity index (χ3v) is 3.54. The minimum atomic E-state index is -0.493. The fraction of sp³-hybridized carbons (Fsp3) is 0.0714. The van der Waals surface area contributed by atoms with E-state index in [0.29, 0.717) is 11.6 Å². The van der Waals surface area contributed by atoms with Gasteiger partial charge in [0.05, 0.1) is 12.2 Å². The average Bonchev–Trinajstić information content (AvgIpc) is 2.37. The van der Waals surface area contributed by atoms with E-state index < -0.39 is 5.37 Å². The molecular weight excluding hydrogens is 269 g/mol. The first-order valence-electron chi connectivity index (χ1n) is 5.51. The second kappa shape index (κ2) is 4.30. The van der Waals surface area contributed by atoms with Crippen molar-refractivity contribution in [3.8, 4) is 11.1 Å². The maximum atomic E-state index is 11.5. The van der Waals surface area contributed by atoms with Crippen molar-refractivity contribution in [3.63, 3.8) is 0 Å². The number of hydrogen-bond acceptors (Lipinski definition) is 1. The Morgan fingerprint density at radius 1 is 1.11 bits per heavy atom. The zero-order valence-corrected chi connectivity index (χ0v) is 10.9. The lowest BCUT2D eigenvalue weighted by molar-refractivity contribution is 0.264. The van der Waals surface area contributed by atoms with Crippen LogP contribution in [-0.2, 0) is 6.54 Å². The number of amides is 1. The van der Waals surface area contributed by atoms with Crippen LogP contribution in [0.15, 0.2) is 42.5 Å². The van der Waals surface area contributed by atoms with Gasteiger partial charge in [-0.2, -0.15) is 0 Å². The summed E-state index contributed by atoms with van der Waals surface area (Å²) in [7, 11) is 0. The smallest absolute Gasteiger partial charge is 0.294 e. The molecule has 0 radical (unpaired) electrons. The van der Waals surface area contributed by atoms with Gasteiger partial charge in [-0.3, -0.25) is 9.69 Å². The number of benzene rings is 2. The monoisotopic (exact) mass is 277 g/mol. The fourth-order valence-corrected chi connectivity index (χ4v) is 2.61. The number of carbonyl (C=O) groups excluding carboxylic acids is 1. The van der Waals surface area contributed by atoms with E-state index in [9.17, 15) is 4.79 Å². The van der Waals surface area contributed by atoms with E-state index in [1.165, 1.54) is 4.90 Å². The summed E-state index contributed by atoms with van der Waals surface area (Å²) < 4.78 is 0. The summed E-state index contributed by atoms with van der Waals surface area (Å²) >= 11 is 11.6. The number of halogens is 2. The SMILES string of the molecule is O=C(Cl)N1Cc2ccccc2-c2ccc(Cl)cc21. The molecule has 0 aromatic heterocycles. The van der Waals surface area contributed by atoms with Crippen molar-refractivity contribution in [2.45, 2.75) is 6.54 Å². The summed E-state index contributed by atoms with van der Waals surface area (Å²) in [4.78, 5) is 13.1. The zero-order valence-electron chi connectivity index (χ0n) is 9.36. The molecular formula is C14H9Cl2NO. The van der Waals surface area contributed by atoms with E-state index >= 15 is 0 Å². The normalized spacial score (nSPS) is 12.9. The topological polar surface area (TPSA) is 20.3 Å². The first kappa shape index (κ1) is 11.6. The Balaban J connectivity index is 2.27. The molecule has 2 aromatic carbocycles. The molecule has 2 nitrogen and oxygen atoms in total. The molecule has 1 aliphatic rings. The predicted octanol–water partition coefficient (Wildman–Crippen LogP) is 4.69. The highest BCUT2D eigenvalue weighted by Gasteiger charge is 2.25. The number of fused-ring (bicyclic) bond motifs is 3. The van der Waals surface area contributed by atoms with E-state index in [1.54, 1.807) is 6.07 Å². The molecule has 0 atom stereocenters. The molecule has 1 heterocycles. The summed E-state index contributed by atoms with van der Waals surface area (Å²) in [5, 5.41) is 0.101. The van der Waals surface area contributed by atoms with Crippen molar-refractivity contribution in [2.75, 3.05) is 4.90 Å². The van der Waals surface area contributed by atoms with Gasteiger partial charge < -0.3 is 0 Å². The molecule has 0 aliphatic carbocycles. The molecule has 4 heteroatoms. The minimum Gasteiger partial charge on any atom is -0.294 e. The largest absolute Gasteiger partial charge is 0.321 e. The number of anilines is 1. The van der Waals surface area contributed by atoms with E-state index in [1.807, 2.05) is 36.4 Å². The maximum Gasteiger partial charge on any atom is 0.321 e. The van der Waals surface area contributed by atoms with Gasteiger partial charge in [0.15, 0.2) is 0 Å². The molecule has 0 unspecified atom stereocenters. The lowest BCUT2D eigenvalue weighted by atomic mass is 9.94. The predicted molar refractivity (Wildman–Crippen MR) is 74.3 cm³/mol. The van der Waals surface area contributed by atoms with Gasteiger partial charge >= 0.3 is 5.37 Å². The van der Waals surface area contributed by atoms with Gasteiger partial charge in [0.2, 0.25) is 0 Å². The molecule has 0 N–H and O–H groups in total. The molecule has 0 fully saturated rings. The number of rotatable bonds is 0. The van der Waals surface area contributed by atoms with E-state index in [4.69, 9.17) is 23.2 Å². The Morgan fingerprint density at radius 3 is 2.67 bits per heavy atom. The van der Waals surface area contributed by atoms with Crippen LogP contribution in [0.2, 0.25) is 5.02 Å². The van der Waals surface area contributed by atoms with Crippen molar-refractivity contribution < 1.29 is 4.79 Å². The number of nitrogens with zero attached hydrogens (tertiary/aromatic N) is 1. The summed E-state index contributed by atoms with van der Waals surface area (Å²) in [6, 6.07) is 13.5. The van der Waals surface area contributed by atoms with Crippen molar-refractivity contribution >= 4 is 34.3 Å². The second-order valence-electron chi connectivity index (χ2n) is 4.16. The third kappa shape index (κ3) is 1.78. The fourth-order valence-electron chi connectivity index (χ4n) is 2.29. The van der Waals surface area contributed by atoms with Crippen molar-refractivity contribution in [1.82, 2.24) is 0 Å². The van der Waals surface area contributed by atoms with Gasteiger partial charge in [0.1, 0.15) is 0 Å². The van der Waals surface area contributed by atoms with E-state index in [-0.39, 0.29) is 0 Å². The Labute approximate surface area is 115 Å². The second-order valence-corrected chi connectivity index (χ2v) is 4.92. The Bertz CT molecular complexity index is 639. The molecule has 1 amide bonds. The van der Waals surface area contributed by atoms with Crippen LogP contribution < -0.4 is 4.90 Å². The van der Waals surface area contributed by atoms with Gasteiger partial charge in [-0.05, 0) is 34.9 Å². The van der Waals surface area contributed by atoms with Gasteiger partial charge in [-0.1, -0.05) is 41.9 Å². The van der Waals surface area contributed by atoms with Crippen LogP contribution in [-0.4, -0.2) is 5.37 Å². The highest BCUT2D eigenvalue weighted by Crippen LogP contribution is 2.40. The standard InChI is InChI=1S/C14H9Cl2NO/c15-10-5-6-12-11-4-2-1-3-9(11)8-17(14(16)18)13(12)7-10/h1-7H,8H2. The highest BCUT2D eigenvalue weighted by atomic mass is 35.5. The maximum absolute atomic E-state index is 11.5. The quantitative estimate of drug-likeness (QED) is 0.506. The van der Waals surface area contributed by atoms with Gasteiger partial charge in [-0.25, -0.2) is 0 Å². The first-order chi connectivity index (χ1) is 8.66. The average molecular weight is 278 g/mol. The summed E-state index contributed by atoms with van der Waals surface area (Å²) in [5.74, 6) is 0. The lowest BCUT2D eigenvalue weighted by Crippen LogP contribution is -2.28. The minimum absolute atomic E-state index is 0.478. The van der Waals surface area contributed by atoms with E-state index in [2.05, 4.69) is 0 Å². The highest BCUT2D eigenvalue weighted by molar-refractivity contribution is 6.66. The Kier molecular flexibility index (Phi) is 2.77. The Morgan fingerprint density at radius 2 is 1.89 bits per heavy atom. The first-order valence-corrected chi connectivity index (χ1v) is 6.27. The van der Waals surface area contributed by atoms with Crippen LogP contribution in [0.4, 0.5) is 10.5 Å². The number of carbonyl (C=O) groups is 1. The summed E-state index contributed by atoms with van der Waals surface area (Å²) in [6.45, 7) is 0.478. The van der Waals surface area contributed by atoms with Crippen LogP contribution in [0.3, 0.4) is 0 Å². The van der Waals surface area contributed by atoms with Crippen molar-refractivity contribution in [3.05, 3.63) is 53.1 Å². The van der Waals surface area contributed by atoms with Gasteiger partial charge in [-0.15, -0.1) is 0 Å².